The first kappa shape index (κ1) is 21.5. The maximum Gasteiger partial charge on any atom is 0.255 e. The normalized spacial score (nSPS) is 15.5. The number of benzene rings is 2. The molecule has 0 bridgehead atoms. The lowest BCUT2D eigenvalue weighted by Gasteiger charge is -2.21. The molecule has 1 saturated heterocycles. The van der Waals surface area contributed by atoms with Crippen LogP contribution in [0.15, 0.2) is 47.4 Å². The van der Waals surface area contributed by atoms with Crippen molar-refractivity contribution in [3.63, 3.8) is 0 Å². The summed E-state index contributed by atoms with van der Waals surface area (Å²) in [5, 5.41) is 2.80. The Labute approximate surface area is 175 Å². The number of nitrogens with one attached hydrogen (secondary N) is 1. The van der Waals surface area contributed by atoms with E-state index in [9.17, 15) is 18.0 Å². The summed E-state index contributed by atoms with van der Waals surface area (Å²) >= 11 is 6.18. The Balaban J connectivity index is 1.84. The first-order valence-electron chi connectivity index (χ1n) is 9.51. The van der Waals surface area contributed by atoms with Gasteiger partial charge in [0.25, 0.3) is 5.91 Å². The van der Waals surface area contributed by atoms with Gasteiger partial charge in [-0.1, -0.05) is 24.4 Å². The molecular formula is C21H23ClN2O4S. The quantitative estimate of drug-likeness (QED) is 0.708. The molecule has 0 saturated carbocycles. The van der Waals surface area contributed by atoms with E-state index in [4.69, 9.17) is 11.6 Å². The minimum atomic E-state index is -3.78. The van der Waals surface area contributed by atoms with Crippen molar-refractivity contribution in [2.45, 2.75) is 37.5 Å². The van der Waals surface area contributed by atoms with Crippen LogP contribution < -0.4 is 5.32 Å². The van der Waals surface area contributed by atoms with E-state index in [1.165, 1.54) is 29.4 Å². The van der Waals surface area contributed by atoms with Crippen molar-refractivity contribution in [1.82, 2.24) is 4.31 Å². The molecule has 1 heterocycles. The van der Waals surface area contributed by atoms with Crippen molar-refractivity contribution in [3.8, 4) is 0 Å². The van der Waals surface area contributed by atoms with Crippen LogP contribution in [0.2, 0.25) is 5.02 Å². The van der Waals surface area contributed by atoms with Crippen LogP contribution in [0, 0.1) is 0 Å². The fourth-order valence-corrected chi connectivity index (χ4v) is 5.27. The summed E-state index contributed by atoms with van der Waals surface area (Å²) in [4.78, 5) is 23.9. The molecule has 154 valence electrons. The number of nitrogens with zero attached hydrogens (tertiary/aromatic N) is 1. The molecule has 0 radical (unpaired) electrons. The molecule has 0 spiro atoms. The van der Waals surface area contributed by atoms with Crippen molar-refractivity contribution in [2.24, 2.45) is 0 Å². The van der Waals surface area contributed by atoms with Crippen LogP contribution in [0.25, 0.3) is 0 Å². The number of rotatable bonds is 5. The average molecular weight is 435 g/mol. The molecule has 29 heavy (non-hydrogen) atoms. The number of sulfonamides is 1. The number of amides is 1. The fourth-order valence-electron chi connectivity index (χ4n) is 3.25. The Bertz CT molecular complexity index is 1010. The number of carbonyl (C=O) groups excluding carboxylic acids is 2. The van der Waals surface area contributed by atoms with Gasteiger partial charge in [0.1, 0.15) is 4.90 Å². The molecule has 3 rings (SSSR count). The van der Waals surface area contributed by atoms with Crippen molar-refractivity contribution >= 4 is 39.0 Å². The van der Waals surface area contributed by atoms with Gasteiger partial charge in [-0.25, -0.2) is 8.42 Å². The minimum absolute atomic E-state index is 0.0550. The zero-order valence-electron chi connectivity index (χ0n) is 16.2. The second-order valence-electron chi connectivity index (χ2n) is 7.05. The molecule has 1 amide bonds. The highest BCUT2D eigenvalue weighted by atomic mass is 35.5. The molecule has 2 aromatic rings. The summed E-state index contributed by atoms with van der Waals surface area (Å²) in [5.41, 5.74) is 1.24. The first-order valence-corrected chi connectivity index (χ1v) is 11.3. The molecule has 1 N–H and O–H groups in total. The third kappa shape index (κ3) is 5.04. The van der Waals surface area contributed by atoms with Gasteiger partial charge in [-0.2, -0.15) is 4.31 Å². The zero-order chi connectivity index (χ0) is 21.0. The molecule has 6 nitrogen and oxygen atoms in total. The Morgan fingerprint density at radius 2 is 1.52 bits per heavy atom. The molecule has 1 aliphatic heterocycles. The fraction of sp³-hybridized carbons (Fsp3) is 0.333. The van der Waals surface area contributed by atoms with E-state index in [-0.39, 0.29) is 21.3 Å². The summed E-state index contributed by atoms with van der Waals surface area (Å²) in [6.45, 7) is 2.38. The van der Waals surface area contributed by atoms with Crippen LogP contribution in [-0.2, 0) is 10.0 Å². The van der Waals surface area contributed by atoms with E-state index >= 15 is 0 Å². The summed E-state index contributed by atoms with van der Waals surface area (Å²) in [6.07, 6.45) is 3.63. The van der Waals surface area contributed by atoms with Gasteiger partial charge in [0.05, 0.1) is 5.02 Å². The third-order valence-electron chi connectivity index (χ3n) is 4.93. The molecule has 8 heteroatoms. The van der Waals surface area contributed by atoms with Gasteiger partial charge < -0.3 is 5.32 Å². The number of hydrogen-bond donors (Lipinski definition) is 1. The second-order valence-corrected chi connectivity index (χ2v) is 9.36. The Hall–Kier alpha value is -2.22. The molecule has 2 aromatic carbocycles. The SMILES string of the molecule is CC(=O)c1ccc(NC(=O)c2ccc(Cl)c(S(=O)(=O)N3CCCCCC3)c2)cc1. The van der Waals surface area contributed by atoms with Gasteiger partial charge in [0.15, 0.2) is 5.78 Å². The molecule has 0 aromatic heterocycles. The zero-order valence-corrected chi connectivity index (χ0v) is 17.7. The highest BCUT2D eigenvalue weighted by Crippen LogP contribution is 2.28. The predicted molar refractivity (Wildman–Crippen MR) is 113 cm³/mol. The smallest absolute Gasteiger partial charge is 0.255 e. The van der Waals surface area contributed by atoms with Crippen molar-refractivity contribution in [1.29, 1.82) is 0 Å². The maximum absolute atomic E-state index is 13.1. The molecule has 0 atom stereocenters. The number of ketones is 1. The molecule has 0 unspecified atom stereocenters. The van der Waals surface area contributed by atoms with Crippen LogP contribution in [0.1, 0.15) is 53.3 Å². The van der Waals surface area contributed by atoms with E-state index in [2.05, 4.69) is 5.32 Å². The van der Waals surface area contributed by atoms with Crippen molar-refractivity contribution < 1.29 is 18.0 Å². The lowest BCUT2D eigenvalue weighted by molar-refractivity contribution is 0.101. The monoisotopic (exact) mass is 434 g/mol. The lowest BCUT2D eigenvalue weighted by Crippen LogP contribution is -2.32. The largest absolute Gasteiger partial charge is 0.322 e. The Kier molecular flexibility index (Phi) is 6.72. The predicted octanol–water partition coefficient (Wildman–Crippen LogP) is 4.36. The van der Waals surface area contributed by atoms with Crippen molar-refractivity contribution in [3.05, 3.63) is 58.6 Å². The lowest BCUT2D eigenvalue weighted by atomic mass is 10.1. The minimum Gasteiger partial charge on any atom is -0.322 e. The standard InChI is InChI=1S/C21H23ClN2O4S/c1-15(25)16-6-9-18(10-7-16)23-21(26)17-8-11-19(22)20(14-17)29(27,28)24-12-4-2-3-5-13-24/h6-11,14H,2-5,12-13H2,1H3,(H,23,26). The first-order chi connectivity index (χ1) is 13.8. The third-order valence-corrected chi connectivity index (χ3v) is 7.31. The van der Waals surface area contributed by atoms with Gasteiger partial charge in [-0.05, 0) is 62.2 Å². The number of anilines is 1. The highest BCUT2D eigenvalue weighted by molar-refractivity contribution is 7.89. The van der Waals surface area contributed by atoms with Crippen LogP contribution >= 0.6 is 11.6 Å². The number of hydrogen-bond acceptors (Lipinski definition) is 4. The van der Waals surface area contributed by atoms with E-state index < -0.39 is 15.9 Å². The van der Waals surface area contributed by atoms with Gasteiger partial charge in [0, 0.05) is 29.9 Å². The van der Waals surface area contributed by atoms with Gasteiger partial charge >= 0.3 is 0 Å². The van der Waals surface area contributed by atoms with Crippen LogP contribution in [0.5, 0.6) is 0 Å². The summed E-state index contributed by atoms with van der Waals surface area (Å²) in [7, 11) is -3.78. The maximum atomic E-state index is 13.1. The van der Waals surface area contributed by atoms with Gasteiger partial charge in [0.2, 0.25) is 10.0 Å². The van der Waals surface area contributed by atoms with E-state index in [1.54, 1.807) is 24.3 Å². The summed E-state index contributed by atoms with van der Waals surface area (Å²) in [6, 6.07) is 10.7. The number of Topliss-reactive ketones (excluding diaryl/α,β-unsaturated/α-hetero) is 1. The molecule has 1 aliphatic rings. The molecular weight excluding hydrogens is 412 g/mol. The van der Waals surface area contributed by atoms with Crippen LogP contribution in [0.4, 0.5) is 5.69 Å². The Morgan fingerprint density at radius 1 is 0.931 bits per heavy atom. The number of carbonyl (C=O) groups is 2. The Morgan fingerprint density at radius 3 is 2.10 bits per heavy atom. The topological polar surface area (TPSA) is 83.5 Å². The summed E-state index contributed by atoms with van der Waals surface area (Å²) in [5.74, 6) is -0.520. The van der Waals surface area contributed by atoms with E-state index in [1.807, 2.05) is 0 Å². The van der Waals surface area contributed by atoms with E-state index in [0.717, 1.165) is 25.7 Å². The second kappa shape index (κ2) is 9.07. The molecule has 1 fully saturated rings. The van der Waals surface area contributed by atoms with Crippen LogP contribution in [-0.4, -0.2) is 37.5 Å². The average Bonchev–Trinajstić information content (AvgIpc) is 2.98. The molecule has 0 aliphatic carbocycles. The number of halogens is 1. The van der Waals surface area contributed by atoms with Crippen LogP contribution in [0.3, 0.4) is 0 Å². The van der Waals surface area contributed by atoms with E-state index in [0.29, 0.717) is 24.3 Å². The highest BCUT2D eigenvalue weighted by Gasteiger charge is 2.28. The van der Waals surface area contributed by atoms with Crippen molar-refractivity contribution in [2.75, 3.05) is 18.4 Å². The summed E-state index contributed by atoms with van der Waals surface area (Å²) < 4.78 is 27.6. The van der Waals surface area contributed by atoms with Gasteiger partial charge in [-0.15, -0.1) is 0 Å². The van der Waals surface area contributed by atoms with Gasteiger partial charge in [-0.3, -0.25) is 9.59 Å².